The van der Waals surface area contributed by atoms with E-state index in [2.05, 4.69) is 5.32 Å². The summed E-state index contributed by atoms with van der Waals surface area (Å²) in [6.07, 6.45) is 2.05. The van der Waals surface area contributed by atoms with E-state index in [0.29, 0.717) is 17.4 Å². The quantitative estimate of drug-likeness (QED) is 0.467. The van der Waals surface area contributed by atoms with Crippen molar-refractivity contribution in [3.8, 4) is 0 Å². The second-order valence-corrected chi connectivity index (χ2v) is 4.74. The number of carbonyl (C=O) groups is 1. The number of hydrogen-bond acceptors (Lipinski definition) is 5. The van der Waals surface area contributed by atoms with Gasteiger partial charge in [0.15, 0.2) is 0 Å². The highest BCUT2D eigenvalue weighted by Crippen LogP contribution is 2.24. The largest absolute Gasteiger partial charge is 0.398 e. The third kappa shape index (κ3) is 3.57. The van der Waals surface area contributed by atoms with Crippen LogP contribution >= 0.6 is 0 Å². The molecule has 1 fully saturated rings. The number of nitrogen functional groups attached to an aromatic ring is 1. The number of nitrogens with zero attached hydrogens (tertiary/aromatic N) is 2. The number of non-ortho nitro benzene ring substituents is 1. The molecular formula is C12H16N4O3. The normalized spacial score (nSPS) is 13.9. The molecule has 102 valence electrons. The highest BCUT2D eigenvalue weighted by molar-refractivity contribution is 5.82. The maximum atomic E-state index is 11.7. The fraction of sp³-hybridized carbons (Fsp3) is 0.417. The molecule has 19 heavy (non-hydrogen) atoms. The Bertz CT molecular complexity index is 514. The number of nitrogens with one attached hydrogen (secondary N) is 1. The summed E-state index contributed by atoms with van der Waals surface area (Å²) in [5.41, 5.74) is 6.40. The number of nitrogens with two attached hydrogens (primary N) is 1. The van der Waals surface area contributed by atoms with Gasteiger partial charge in [-0.3, -0.25) is 14.9 Å². The van der Waals surface area contributed by atoms with Gasteiger partial charge < -0.3 is 16.0 Å². The van der Waals surface area contributed by atoms with Crippen molar-refractivity contribution < 1.29 is 9.72 Å². The van der Waals surface area contributed by atoms with Gasteiger partial charge in [-0.15, -0.1) is 0 Å². The van der Waals surface area contributed by atoms with Crippen LogP contribution in [0.1, 0.15) is 12.8 Å². The SMILES string of the molecule is CN(CC(=O)NC1CC1)c1cc(N)cc([N+](=O)[O-])c1. The maximum absolute atomic E-state index is 11.7. The summed E-state index contributed by atoms with van der Waals surface area (Å²) in [5.74, 6) is -0.0879. The number of nitro benzene ring substituents is 1. The van der Waals surface area contributed by atoms with Gasteiger partial charge in [0.25, 0.3) is 5.69 Å². The predicted octanol–water partition coefficient (Wildman–Crippen LogP) is 0.892. The highest BCUT2D eigenvalue weighted by atomic mass is 16.6. The molecule has 7 heteroatoms. The average molecular weight is 264 g/mol. The molecule has 0 aromatic heterocycles. The number of amides is 1. The van der Waals surface area contributed by atoms with Gasteiger partial charge in [0, 0.05) is 36.6 Å². The molecule has 3 N–H and O–H groups in total. The first-order valence-corrected chi connectivity index (χ1v) is 6.01. The molecule has 0 bridgehead atoms. The minimum Gasteiger partial charge on any atom is -0.398 e. The number of nitro groups is 1. The Labute approximate surface area is 110 Å². The summed E-state index contributed by atoms with van der Waals surface area (Å²) in [5, 5.41) is 13.6. The average Bonchev–Trinajstić information content (AvgIpc) is 3.11. The van der Waals surface area contributed by atoms with Crippen LogP contribution in [0.4, 0.5) is 17.1 Å². The van der Waals surface area contributed by atoms with Crippen molar-refractivity contribution in [1.82, 2.24) is 5.32 Å². The van der Waals surface area contributed by atoms with Crippen molar-refractivity contribution >= 4 is 23.0 Å². The molecule has 1 saturated carbocycles. The molecule has 0 radical (unpaired) electrons. The van der Waals surface area contributed by atoms with Gasteiger partial charge in [-0.05, 0) is 18.9 Å². The highest BCUT2D eigenvalue weighted by Gasteiger charge is 2.23. The second-order valence-electron chi connectivity index (χ2n) is 4.74. The first kappa shape index (κ1) is 13.1. The van der Waals surface area contributed by atoms with Crippen molar-refractivity contribution in [2.24, 2.45) is 0 Å². The zero-order chi connectivity index (χ0) is 14.0. The van der Waals surface area contributed by atoms with Crippen LogP contribution < -0.4 is 16.0 Å². The van der Waals surface area contributed by atoms with Crippen LogP contribution in [0.25, 0.3) is 0 Å². The Kier molecular flexibility index (Phi) is 3.55. The van der Waals surface area contributed by atoms with Crippen molar-refractivity contribution in [2.45, 2.75) is 18.9 Å². The van der Waals surface area contributed by atoms with Crippen LogP contribution in [-0.2, 0) is 4.79 Å². The maximum Gasteiger partial charge on any atom is 0.273 e. The lowest BCUT2D eigenvalue weighted by Crippen LogP contribution is -2.36. The summed E-state index contributed by atoms with van der Waals surface area (Å²) in [7, 11) is 1.70. The Balaban J connectivity index is 2.06. The van der Waals surface area contributed by atoms with Gasteiger partial charge in [0.2, 0.25) is 5.91 Å². The number of likely N-dealkylation sites (N-methyl/N-ethyl adjacent to an activating group) is 1. The fourth-order valence-corrected chi connectivity index (χ4v) is 1.75. The molecule has 0 heterocycles. The zero-order valence-corrected chi connectivity index (χ0v) is 10.6. The Morgan fingerprint density at radius 3 is 2.79 bits per heavy atom. The monoisotopic (exact) mass is 264 g/mol. The molecule has 1 amide bonds. The van der Waals surface area contributed by atoms with E-state index in [0.717, 1.165) is 12.8 Å². The van der Waals surface area contributed by atoms with Crippen molar-refractivity contribution in [1.29, 1.82) is 0 Å². The van der Waals surface area contributed by atoms with Gasteiger partial charge >= 0.3 is 0 Å². The Hall–Kier alpha value is -2.31. The summed E-state index contributed by atoms with van der Waals surface area (Å²) >= 11 is 0. The van der Waals surface area contributed by atoms with Gasteiger partial charge in [-0.2, -0.15) is 0 Å². The summed E-state index contributed by atoms with van der Waals surface area (Å²) in [6, 6.07) is 4.61. The number of rotatable bonds is 5. The third-order valence-electron chi connectivity index (χ3n) is 2.90. The van der Waals surface area contributed by atoms with Crippen LogP contribution in [0.15, 0.2) is 18.2 Å². The fourth-order valence-electron chi connectivity index (χ4n) is 1.75. The van der Waals surface area contributed by atoms with Gasteiger partial charge in [-0.1, -0.05) is 0 Å². The lowest BCUT2D eigenvalue weighted by atomic mass is 10.2. The molecule has 0 spiro atoms. The molecule has 0 unspecified atom stereocenters. The van der Waals surface area contributed by atoms with E-state index in [4.69, 9.17) is 5.73 Å². The zero-order valence-electron chi connectivity index (χ0n) is 10.6. The molecule has 7 nitrogen and oxygen atoms in total. The first-order chi connectivity index (χ1) is 8.95. The van der Waals surface area contributed by atoms with Crippen LogP contribution in [0, 0.1) is 10.1 Å². The molecule has 1 aliphatic carbocycles. The summed E-state index contributed by atoms with van der Waals surface area (Å²) in [4.78, 5) is 23.6. The van der Waals surface area contributed by atoms with Crippen LogP contribution in [0.5, 0.6) is 0 Å². The number of benzene rings is 1. The van der Waals surface area contributed by atoms with E-state index >= 15 is 0 Å². The van der Waals surface area contributed by atoms with E-state index in [1.54, 1.807) is 18.0 Å². The second kappa shape index (κ2) is 5.13. The Morgan fingerprint density at radius 1 is 1.53 bits per heavy atom. The molecule has 1 aromatic rings. The van der Waals surface area contributed by atoms with Crippen LogP contribution in [0.2, 0.25) is 0 Å². The molecule has 0 saturated heterocycles. The molecule has 1 aliphatic rings. The standard InChI is InChI=1S/C12H16N4O3/c1-15(7-12(17)14-9-2-3-9)10-4-8(13)5-11(6-10)16(18)19/h4-6,9H,2-3,7,13H2,1H3,(H,14,17). The molecule has 1 aromatic carbocycles. The third-order valence-corrected chi connectivity index (χ3v) is 2.90. The summed E-state index contributed by atoms with van der Waals surface area (Å²) < 4.78 is 0. The molecule has 0 aliphatic heterocycles. The molecular weight excluding hydrogens is 248 g/mol. The number of hydrogen-bond donors (Lipinski definition) is 2. The molecule has 2 rings (SSSR count). The Morgan fingerprint density at radius 2 is 2.21 bits per heavy atom. The number of carbonyl (C=O) groups excluding carboxylic acids is 1. The van der Waals surface area contributed by atoms with Crippen molar-refractivity contribution in [2.75, 3.05) is 24.2 Å². The van der Waals surface area contributed by atoms with Crippen molar-refractivity contribution in [3.63, 3.8) is 0 Å². The van der Waals surface area contributed by atoms with E-state index in [9.17, 15) is 14.9 Å². The van der Waals surface area contributed by atoms with Gasteiger partial charge in [0.1, 0.15) is 0 Å². The number of anilines is 2. The molecule has 0 atom stereocenters. The van der Waals surface area contributed by atoms with Crippen LogP contribution in [-0.4, -0.2) is 30.5 Å². The van der Waals surface area contributed by atoms with E-state index in [1.807, 2.05) is 0 Å². The smallest absolute Gasteiger partial charge is 0.273 e. The lowest BCUT2D eigenvalue weighted by molar-refractivity contribution is -0.384. The van der Waals surface area contributed by atoms with Crippen LogP contribution in [0.3, 0.4) is 0 Å². The topological polar surface area (TPSA) is 102 Å². The van der Waals surface area contributed by atoms with Gasteiger partial charge in [-0.25, -0.2) is 0 Å². The predicted molar refractivity (Wildman–Crippen MR) is 71.9 cm³/mol. The van der Waals surface area contributed by atoms with Gasteiger partial charge in [0.05, 0.1) is 11.5 Å². The minimum atomic E-state index is -0.502. The van der Waals surface area contributed by atoms with E-state index < -0.39 is 4.92 Å². The lowest BCUT2D eigenvalue weighted by Gasteiger charge is -2.19. The first-order valence-electron chi connectivity index (χ1n) is 6.01. The summed E-state index contributed by atoms with van der Waals surface area (Å²) in [6.45, 7) is 0.150. The van der Waals surface area contributed by atoms with E-state index in [-0.39, 0.29) is 18.1 Å². The van der Waals surface area contributed by atoms with Crippen molar-refractivity contribution in [3.05, 3.63) is 28.3 Å². The minimum absolute atomic E-state index is 0.0792. The van der Waals surface area contributed by atoms with E-state index in [1.165, 1.54) is 12.1 Å².